The molecule has 1 N–H and O–H groups in total. The molecule has 19 heavy (non-hydrogen) atoms. The lowest BCUT2D eigenvalue weighted by Gasteiger charge is -2.19. The summed E-state index contributed by atoms with van der Waals surface area (Å²) in [6.45, 7) is 3.81. The van der Waals surface area contributed by atoms with E-state index >= 15 is 0 Å². The molecule has 0 unspecified atom stereocenters. The third-order valence-corrected chi connectivity index (χ3v) is 4.95. The van der Waals surface area contributed by atoms with Gasteiger partial charge >= 0.3 is 0 Å². The van der Waals surface area contributed by atoms with Gasteiger partial charge in [-0.25, -0.2) is 13.1 Å². The number of nitrogens with one attached hydrogen (secondary N) is 1. The van der Waals surface area contributed by atoms with E-state index in [0.717, 1.165) is 0 Å². The average Bonchev–Trinajstić information content (AvgIpc) is 2.49. The lowest BCUT2D eigenvalue weighted by molar-refractivity contribution is 0.0984. The summed E-state index contributed by atoms with van der Waals surface area (Å²) < 4.78 is 26.0. The number of amides is 1. The van der Waals surface area contributed by atoms with E-state index < -0.39 is 15.9 Å². The Balaban J connectivity index is 2.93. The van der Waals surface area contributed by atoms with Crippen LogP contribution in [0.2, 0.25) is 5.02 Å². The van der Waals surface area contributed by atoms with Crippen molar-refractivity contribution in [3.63, 3.8) is 0 Å². The molecular formula is C12H15ClN2O3S. The number of benzene rings is 1. The van der Waals surface area contributed by atoms with Crippen LogP contribution in [0.1, 0.15) is 35.7 Å². The van der Waals surface area contributed by atoms with Crippen molar-refractivity contribution in [2.24, 2.45) is 0 Å². The van der Waals surface area contributed by atoms with Crippen LogP contribution in [0.3, 0.4) is 0 Å². The molecule has 0 saturated carbocycles. The second kappa shape index (κ2) is 4.38. The van der Waals surface area contributed by atoms with Crippen molar-refractivity contribution in [2.75, 3.05) is 19.0 Å². The number of fused-ring (bicyclic) bond motifs is 1. The first kappa shape index (κ1) is 14.1. The Morgan fingerprint density at radius 2 is 1.89 bits per heavy atom. The van der Waals surface area contributed by atoms with Gasteiger partial charge in [0, 0.05) is 14.1 Å². The molecule has 1 amide bonds. The van der Waals surface area contributed by atoms with Gasteiger partial charge in [-0.15, -0.1) is 0 Å². The predicted octanol–water partition coefficient (Wildman–Crippen LogP) is 1.96. The maximum absolute atomic E-state index is 12.0. The molecule has 0 fully saturated rings. The summed E-state index contributed by atoms with van der Waals surface area (Å²) in [5.41, 5.74) is 1.44. The molecule has 0 bridgehead atoms. The van der Waals surface area contributed by atoms with Gasteiger partial charge in [-0.05, 0) is 17.5 Å². The first-order valence-corrected chi connectivity index (χ1v) is 7.63. The minimum Gasteiger partial charge on any atom is -0.376 e. The van der Waals surface area contributed by atoms with Crippen molar-refractivity contribution in [2.45, 2.75) is 24.7 Å². The molecule has 2 rings (SSSR count). The number of hydrogen-bond donors (Lipinski definition) is 1. The smallest absolute Gasteiger partial charge is 0.266 e. The molecule has 0 aromatic heterocycles. The molecule has 7 heteroatoms. The Morgan fingerprint density at radius 3 is 2.37 bits per heavy atom. The fourth-order valence-corrected chi connectivity index (χ4v) is 4.02. The summed E-state index contributed by atoms with van der Waals surface area (Å²) in [5, 5.41) is 0.0859. The van der Waals surface area contributed by atoms with Crippen molar-refractivity contribution in [3.8, 4) is 0 Å². The molecule has 1 aliphatic rings. The average molecular weight is 303 g/mol. The Kier molecular flexibility index (Phi) is 3.26. The Bertz CT molecular complexity index is 666. The summed E-state index contributed by atoms with van der Waals surface area (Å²) >= 11 is 6.16. The van der Waals surface area contributed by atoms with Crippen LogP contribution in [0.5, 0.6) is 0 Å². The monoisotopic (exact) mass is 302 g/mol. The Morgan fingerprint density at radius 1 is 1.32 bits per heavy atom. The SMILES string of the molecule is CC(C)c1cc(N(C)C)c(Cl)c2c1C(=O)NS2(=O)=O. The third-order valence-electron chi connectivity index (χ3n) is 3.06. The van der Waals surface area contributed by atoms with E-state index in [2.05, 4.69) is 0 Å². The molecule has 1 aliphatic heterocycles. The van der Waals surface area contributed by atoms with Crippen LogP contribution in [0, 0.1) is 0 Å². The van der Waals surface area contributed by atoms with Crippen molar-refractivity contribution < 1.29 is 13.2 Å². The molecular weight excluding hydrogens is 288 g/mol. The van der Waals surface area contributed by atoms with Gasteiger partial charge in [0.15, 0.2) is 0 Å². The predicted molar refractivity (Wildman–Crippen MR) is 74.5 cm³/mol. The van der Waals surface area contributed by atoms with Crippen molar-refractivity contribution in [3.05, 3.63) is 22.2 Å². The normalized spacial score (nSPS) is 16.4. The van der Waals surface area contributed by atoms with E-state index in [4.69, 9.17) is 11.6 Å². The van der Waals surface area contributed by atoms with Gasteiger partial charge in [0.2, 0.25) is 0 Å². The number of hydrogen-bond acceptors (Lipinski definition) is 4. The first-order chi connectivity index (χ1) is 8.66. The zero-order valence-corrected chi connectivity index (χ0v) is 12.7. The third kappa shape index (κ3) is 2.08. The molecule has 1 heterocycles. The molecule has 1 aromatic carbocycles. The second-order valence-electron chi connectivity index (χ2n) is 4.99. The highest BCUT2D eigenvalue weighted by Gasteiger charge is 2.39. The number of halogens is 1. The number of carbonyl (C=O) groups excluding carboxylic acids is 1. The molecule has 1 aromatic rings. The van der Waals surface area contributed by atoms with Gasteiger partial charge in [-0.1, -0.05) is 25.4 Å². The first-order valence-electron chi connectivity index (χ1n) is 5.77. The largest absolute Gasteiger partial charge is 0.376 e. The van der Waals surface area contributed by atoms with E-state index in [-0.39, 0.29) is 21.4 Å². The zero-order chi connectivity index (χ0) is 14.5. The van der Waals surface area contributed by atoms with Gasteiger partial charge in [-0.3, -0.25) is 4.79 Å². The second-order valence-corrected chi connectivity index (χ2v) is 6.98. The van der Waals surface area contributed by atoms with Crippen LogP contribution in [0.25, 0.3) is 0 Å². The molecule has 0 aliphatic carbocycles. The summed E-state index contributed by atoms with van der Waals surface area (Å²) in [6.07, 6.45) is 0. The van der Waals surface area contributed by atoms with Crippen molar-refractivity contribution in [1.82, 2.24) is 4.72 Å². The van der Waals surface area contributed by atoms with Crippen LogP contribution in [0.4, 0.5) is 5.69 Å². The van der Waals surface area contributed by atoms with Crippen LogP contribution < -0.4 is 9.62 Å². The van der Waals surface area contributed by atoms with E-state index in [1.165, 1.54) is 0 Å². The van der Waals surface area contributed by atoms with E-state index in [0.29, 0.717) is 11.3 Å². The van der Waals surface area contributed by atoms with Gasteiger partial charge in [0.05, 0.1) is 16.3 Å². The van der Waals surface area contributed by atoms with Gasteiger partial charge in [0.25, 0.3) is 15.9 Å². The maximum atomic E-state index is 12.0. The molecule has 5 nitrogen and oxygen atoms in total. The van der Waals surface area contributed by atoms with Crippen LogP contribution in [-0.2, 0) is 10.0 Å². The van der Waals surface area contributed by atoms with Crippen LogP contribution in [0.15, 0.2) is 11.0 Å². The number of carbonyl (C=O) groups is 1. The zero-order valence-electron chi connectivity index (χ0n) is 11.1. The summed E-state index contributed by atoms with van der Waals surface area (Å²) in [4.78, 5) is 13.5. The molecule has 104 valence electrons. The maximum Gasteiger partial charge on any atom is 0.266 e. The van der Waals surface area contributed by atoms with E-state index in [1.807, 2.05) is 18.6 Å². The highest BCUT2D eigenvalue weighted by molar-refractivity contribution is 7.90. The number of rotatable bonds is 2. The van der Waals surface area contributed by atoms with E-state index in [1.54, 1.807) is 25.1 Å². The van der Waals surface area contributed by atoms with Crippen molar-refractivity contribution in [1.29, 1.82) is 0 Å². The molecule has 0 saturated heterocycles. The molecule has 0 spiro atoms. The highest BCUT2D eigenvalue weighted by atomic mass is 35.5. The summed E-state index contributed by atoms with van der Waals surface area (Å²) in [7, 11) is -0.311. The lowest BCUT2D eigenvalue weighted by Crippen LogP contribution is -2.21. The van der Waals surface area contributed by atoms with Gasteiger partial charge in [0.1, 0.15) is 4.90 Å². The fraction of sp³-hybridized carbons (Fsp3) is 0.417. The van der Waals surface area contributed by atoms with Crippen LogP contribution >= 0.6 is 11.6 Å². The Hall–Kier alpha value is -1.27. The van der Waals surface area contributed by atoms with Gasteiger partial charge < -0.3 is 4.90 Å². The standard InChI is InChI=1S/C12H15ClN2O3S/c1-6(2)7-5-8(15(3)4)10(13)11-9(7)12(16)14-19(11,17)18/h5-6H,1-4H3,(H,14,16). The number of nitrogens with zero attached hydrogens (tertiary/aromatic N) is 1. The van der Waals surface area contributed by atoms with E-state index in [9.17, 15) is 13.2 Å². The molecule has 0 radical (unpaired) electrons. The highest BCUT2D eigenvalue weighted by Crippen LogP contribution is 2.41. The minimum atomic E-state index is -3.86. The minimum absolute atomic E-state index is 0.0174. The number of sulfonamides is 1. The topological polar surface area (TPSA) is 66.5 Å². The van der Waals surface area contributed by atoms with Gasteiger partial charge in [-0.2, -0.15) is 0 Å². The summed E-state index contributed by atoms with van der Waals surface area (Å²) in [5.74, 6) is -0.588. The number of anilines is 1. The van der Waals surface area contributed by atoms with Crippen molar-refractivity contribution >= 4 is 33.2 Å². The molecule has 0 atom stereocenters. The van der Waals surface area contributed by atoms with Crippen LogP contribution in [-0.4, -0.2) is 28.4 Å². The Labute approximate surface area is 117 Å². The summed E-state index contributed by atoms with van der Waals surface area (Å²) in [6, 6.07) is 1.77. The lowest BCUT2D eigenvalue weighted by atomic mass is 9.96. The fourth-order valence-electron chi connectivity index (χ4n) is 2.13. The quantitative estimate of drug-likeness (QED) is 0.907.